The van der Waals surface area contributed by atoms with Crippen molar-refractivity contribution in [2.75, 3.05) is 14.1 Å². The highest BCUT2D eigenvalue weighted by atomic mass is 16.5. The fraction of sp³-hybridized carbons (Fsp3) is 0.231. The number of nitrogens with zero attached hydrogens (tertiary/aromatic N) is 3. The summed E-state index contributed by atoms with van der Waals surface area (Å²) in [4.78, 5) is 15.9. The van der Waals surface area contributed by atoms with Gasteiger partial charge < -0.3 is 9.64 Å². The minimum Gasteiger partial charge on any atom is -0.488 e. The lowest BCUT2D eigenvalue weighted by molar-refractivity contribution is 0.0827. The van der Waals surface area contributed by atoms with E-state index in [1.165, 1.54) is 11.1 Å². The highest BCUT2D eigenvalue weighted by Gasteiger charge is 2.18. The number of ether oxygens (including phenoxy) is 1. The maximum Gasteiger partial charge on any atom is 0.253 e. The first kappa shape index (κ1) is 20.6. The van der Waals surface area contributed by atoms with Gasteiger partial charge in [-0.3, -0.25) is 9.69 Å². The Morgan fingerprint density at radius 3 is 2.26 bits per heavy atom. The number of carbonyl (C=O) groups is 1. The summed E-state index contributed by atoms with van der Waals surface area (Å²) in [5.41, 5.74) is 5.97. The van der Waals surface area contributed by atoms with E-state index in [1.54, 1.807) is 31.1 Å². The normalized spacial score (nSPS) is 12.8. The zero-order chi connectivity index (χ0) is 21.8. The Hall–Kier alpha value is -3.62. The lowest BCUT2D eigenvalue weighted by atomic mass is 10.1. The molecule has 1 amide bonds. The van der Waals surface area contributed by atoms with Crippen LogP contribution in [0.5, 0.6) is 5.75 Å². The van der Waals surface area contributed by atoms with Crippen LogP contribution in [-0.4, -0.2) is 29.8 Å². The molecule has 1 aliphatic heterocycles. The molecule has 3 aromatic carbocycles. The number of hydrogen-bond acceptors (Lipinski definition) is 4. The summed E-state index contributed by atoms with van der Waals surface area (Å²) in [6.07, 6.45) is 0. The minimum atomic E-state index is -0.0316. The van der Waals surface area contributed by atoms with Gasteiger partial charge in [-0.2, -0.15) is 5.26 Å². The topological polar surface area (TPSA) is 56.6 Å². The van der Waals surface area contributed by atoms with Crippen LogP contribution in [-0.2, 0) is 26.2 Å². The molecular weight excluding hydrogens is 386 g/mol. The lowest BCUT2D eigenvalue weighted by Gasteiger charge is -2.16. The Balaban J connectivity index is 1.39. The van der Waals surface area contributed by atoms with Gasteiger partial charge in [-0.1, -0.05) is 42.5 Å². The maximum absolute atomic E-state index is 12.0. The van der Waals surface area contributed by atoms with Crippen molar-refractivity contribution in [1.29, 1.82) is 5.26 Å². The van der Waals surface area contributed by atoms with E-state index in [1.807, 2.05) is 30.3 Å². The molecule has 0 spiro atoms. The quantitative estimate of drug-likeness (QED) is 0.605. The molecule has 0 atom stereocenters. The van der Waals surface area contributed by atoms with E-state index in [2.05, 4.69) is 35.2 Å². The highest BCUT2D eigenvalue weighted by Crippen LogP contribution is 2.26. The fourth-order valence-corrected chi connectivity index (χ4v) is 3.83. The zero-order valence-electron chi connectivity index (χ0n) is 17.8. The Morgan fingerprint density at radius 2 is 1.65 bits per heavy atom. The van der Waals surface area contributed by atoms with E-state index in [0.717, 1.165) is 30.8 Å². The Kier molecular flexibility index (Phi) is 6.01. The summed E-state index contributed by atoms with van der Waals surface area (Å²) in [6, 6.07) is 23.9. The van der Waals surface area contributed by atoms with Crippen molar-refractivity contribution in [3.8, 4) is 11.8 Å². The van der Waals surface area contributed by atoms with Gasteiger partial charge >= 0.3 is 0 Å². The number of amides is 1. The third kappa shape index (κ3) is 4.76. The van der Waals surface area contributed by atoms with Crippen molar-refractivity contribution < 1.29 is 9.53 Å². The molecule has 5 heteroatoms. The molecule has 3 aromatic rings. The third-order valence-corrected chi connectivity index (χ3v) is 5.48. The smallest absolute Gasteiger partial charge is 0.253 e. The molecule has 1 heterocycles. The summed E-state index contributed by atoms with van der Waals surface area (Å²) in [5, 5.41) is 9.61. The monoisotopic (exact) mass is 411 g/mol. The van der Waals surface area contributed by atoms with Crippen molar-refractivity contribution in [3.05, 3.63) is 100 Å². The second kappa shape index (κ2) is 9.03. The Labute approximate surface area is 183 Å². The summed E-state index contributed by atoms with van der Waals surface area (Å²) >= 11 is 0. The standard InChI is InChI=1S/C26H25N3O2/c1-28(2)26(30)21-10-7-19(8-11-21)18-31-25-12-9-20(13-24(25)14-27)15-29-16-22-5-3-4-6-23(22)17-29/h3-13H,15-18H2,1-2H3. The maximum atomic E-state index is 12.0. The number of carbonyl (C=O) groups excluding carboxylic acids is 1. The van der Waals surface area contributed by atoms with Crippen molar-refractivity contribution >= 4 is 5.91 Å². The molecule has 0 aliphatic carbocycles. The van der Waals surface area contributed by atoms with Gasteiger partial charge in [0.05, 0.1) is 5.56 Å². The van der Waals surface area contributed by atoms with Crippen LogP contribution in [0.1, 0.15) is 38.2 Å². The van der Waals surface area contributed by atoms with Gasteiger partial charge in [0.15, 0.2) is 0 Å². The molecule has 0 fully saturated rings. The highest BCUT2D eigenvalue weighted by molar-refractivity contribution is 5.93. The van der Waals surface area contributed by atoms with Gasteiger partial charge in [0.25, 0.3) is 5.91 Å². The average Bonchev–Trinajstić information content (AvgIpc) is 3.20. The number of hydrogen-bond donors (Lipinski definition) is 0. The van der Waals surface area contributed by atoms with E-state index in [0.29, 0.717) is 23.5 Å². The number of fused-ring (bicyclic) bond motifs is 1. The number of rotatable bonds is 6. The largest absolute Gasteiger partial charge is 0.488 e. The van der Waals surface area contributed by atoms with Gasteiger partial charge in [0.1, 0.15) is 18.4 Å². The SMILES string of the molecule is CN(C)C(=O)c1ccc(COc2ccc(CN3Cc4ccccc4C3)cc2C#N)cc1. The summed E-state index contributed by atoms with van der Waals surface area (Å²) in [6.45, 7) is 3.00. The van der Waals surface area contributed by atoms with Gasteiger partial charge in [-0.25, -0.2) is 0 Å². The van der Waals surface area contributed by atoms with E-state index in [4.69, 9.17) is 4.74 Å². The van der Waals surface area contributed by atoms with Crippen molar-refractivity contribution in [2.45, 2.75) is 26.2 Å². The fourth-order valence-electron chi connectivity index (χ4n) is 3.83. The third-order valence-electron chi connectivity index (χ3n) is 5.48. The van der Waals surface area contributed by atoms with Crippen molar-refractivity contribution in [1.82, 2.24) is 9.80 Å². The number of benzene rings is 3. The van der Waals surface area contributed by atoms with E-state index in [9.17, 15) is 10.1 Å². The molecule has 1 aliphatic rings. The molecule has 0 bridgehead atoms. The molecule has 0 N–H and O–H groups in total. The first-order chi connectivity index (χ1) is 15.0. The van der Waals surface area contributed by atoms with Crippen LogP contribution in [0.3, 0.4) is 0 Å². The van der Waals surface area contributed by atoms with Crippen molar-refractivity contribution in [2.24, 2.45) is 0 Å². The molecule has 4 rings (SSSR count). The van der Waals surface area contributed by atoms with E-state index >= 15 is 0 Å². The molecule has 5 nitrogen and oxygen atoms in total. The van der Waals surface area contributed by atoms with Gasteiger partial charge in [-0.05, 0) is 46.5 Å². The molecule has 0 aromatic heterocycles. The van der Waals surface area contributed by atoms with Crippen LogP contribution in [0.15, 0.2) is 66.7 Å². The van der Waals surface area contributed by atoms with Crippen LogP contribution in [0.25, 0.3) is 0 Å². The van der Waals surface area contributed by atoms with Crippen molar-refractivity contribution in [3.63, 3.8) is 0 Å². The molecule has 0 radical (unpaired) electrons. The molecule has 0 unspecified atom stereocenters. The molecule has 0 saturated heterocycles. The first-order valence-corrected chi connectivity index (χ1v) is 10.3. The molecule has 156 valence electrons. The summed E-state index contributed by atoms with van der Waals surface area (Å²) < 4.78 is 5.91. The minimum absolute atomic E-state index is 0.0316. The molecular formula is C26H25N3O2. The van der Waals surface area contributed by atoms with Crippen LogP contribution in [0.2, 0.25) is 0 Å². The summed E-state index contributed by atoms with van der Waals surface area (Å²) in [7, 11) is 3.46. The van der Waals surface area contributed by atoms with E-state index < -0.39 is 0 Å². The summed E-state index contributed by atoms with van der Waals surface area (Å²) in [5.74, 6) is 0.542. The Morgan fingerprint density at radius 1 is 1.00 bits per heavy atom. The van der Waals surface area contributed by atoms with E-state index in [-0.39, 0.29) is 5.91 Å². The lowest BCUT2D eigenvalue weighted by Crippen LogP contribution is -2.21. The predicted molar refractivity (Wildman–Crippen MR) is 119 cm³/mol. The molecule has 0 saturated carbocycles. The Bertz CT molecular complexity index is 1110. The molecule has 31 heavy (non-hydrogen) atoms. The van der Waals surface area contributed by atoms with Crippen LogP contribution < -0.4 is 4.74 Å². The first-order valence-electron chi connectivity index (χ1n) is 10.3. The average molecular weight is 412 g/mol. The van der Waals surface area contributed by atoms with Gasteiger partial charge in [-0.15, -0.1) is 0 Å². The predicted octanol–water partition coefficient (Wildman–Crippen LogP) is 4.35. The van der Waals surface area contributed by atoms with Crippen LogP contribution in [0.4, 0.5) is 0 Å². The van der Waals surface area contributed by atoms with Gasteiger partial charge in [0, 0.05) is 39.3 Å². The second-order valence-corrected chi connectivity index (χ2v) is 8.04. The second-order valence-electron chi connectivity index (χ2n) is 8.04. The van der Waals surface area contributed by atoms with Crippen LogP contribution in [0, 0.1) is 11.3 Å². The van der Waals surface area contributed by atoms with Crippen LogP contribution >= 0.6 is 0 Å². The number of nitriles is 1. The zero-order valence-corrected chi connectivity index (χ0v) is 17.8. The van der Waals surface area contributed by atoms with Gasteiger partial charge in [0.2, 0.25) is 0 Å².